The monoisotopic (exact) mass is 279 g/mol. The van der Waals surface area contributed by atoms with Gasteiger partial charge in [0, 0.05) is 12.6 Å². The van der Waals surface area contributed by atoms with Gasteiger partial charge >= 0.3 is 0 Å². The van der Waals surface area contributed by atoms with Gasteiger partial charge in [0.2, 0.25) is 0 Å². The summed E-state index contributed by atoms with van der Waals surface area (Å²) >= 11 is 0. The summed E-state index contributed by atoms with van der Waals surface area (Å²) in [5.41, 5.74) is 1.22. The molecule has 0 fully saturated rings. The first-order valence-electron chi connectivity index (χ1n) is 7.60. The Hall–Kier alpha value is -1.06. The molecule has 20 heavy (non-hydrogen) atoms. The number of ether oxygens (including phenoxy) is 1. The zero-order valence-corrected chi connectivity index (χ0v) is 13.3. The standard InChI is InChI=1S/C17H29NO2/c1-5-6-7-12-20-16-10-8-15(9-11-16)17(18(3)4)14(2)13-19/h8-11,14,17,19H,5-7,12-13H2,1-4H3. The molecule has 1 aromatic carbocycles. The van der Waals surface area contributed by atoms with Crippen molar-refractivity contribution in [2.75, 3.05) is 27.3 Å². The van der Waals surface area contributed by atoms with E-state index in [-0.39, 0.29) is 18.6 Å². The van der Waals surface area contributed by atoms with Crippen LogP contribution in [0.4, 0.5) is 0 Å². The van der Waals surface area contributed by atoms with E-state index in [1.807, 2.05) is 26.2 Å². The van der Waals surface area contributed by atoms with Gasteiger partial charge in [-0.25, -0.2) is 0 Å². The Bertz CT molecular complexity index is 362. The zero-order chi connectivity index (χ0) is 15.0. The minimum absolute atomic E-state index is 0.193. The summed E-state index contributed by atoms with van der Waals surface area (Å²) in [6, 6.07) is 8.50. The van der Waals surface area contributed by atoms with E-state index < -0.39 is 0 Å². The van der Waals surface area contributed by atoms with Gasteiger partial charge in [0.15, 0.2) is 0 Å². The third-order valence-electron chi connectivity index (χ3n) is 3.62. The van der Waals surface area contributed by atoms with Gasteiger partial charge in [-0.2, -0.15) is 0 Å². The quantitative estimate of drug-likeness (QED) is 0.702. The Kier molecular flexibility index (Phi) is 7.63. The first kappa shape index (κ1) is 17.0. The second-order valence-electron chi connectivity index (χ2n) is 5.69. The molecule has 0 aromatic heterocycles. The molecule has 0 amide bonds. The Labute approximate surface area is 123 Å². The van der Waals surface area contributed by atoms with Crippen molar-refractivity contribution >= 4 is 0 Å². The van der Waals surface area contributed by atoms with Crippen LogP contribution in [-0.2, 0) is 0 Å². The Morgan fingerprint density at radius 1 is 1.15 bits per heavy atom. The molecule has 0 aliphatic carbocycles. The van der Waals surface area contributed by atoms with E-state index in [0.29, 0.717) is 0 Å². The summed E-state index contributed by atoms with van der Waals surface area (Å²) in [6.07, 6.45) is 3.54. The maximum atomic E-state index is 9.39. The van der Waals surface area contributed by atoms with Gasteiger partial charge in [-0.3, -0.25) is 0 Å². The van der Waals surface area contributed by atoms with Crippen LogP contribution in [0.3, 0.4) is 0 Å². The minimum atomic E-state index is 0.193. The normalized spacial score (nSPS) is 14.3. The fourth-order valence-corrected chi connectivity index (χ4v) is 2.54. The first-order chi connectivity index (χ1) is 9.60. The molecule has 1 aromatic rings. The number of aliphatic hydroxyl groups excluding tert-OH is 1. The molecule has 2 unspecified atom stereocenters. The number of benzene rings is 1. The SMILES string of the molecule is CCCCCOc1ccc(C(C(C)CO)N(C)C)cc1. The molecular weight excluding hydrogens is 250 g/mol. The highest BCUT2D eigenvalue weighted by atomic mass is 16.5. The lowest BCUT2D eigenvalue weighted by atomic mass is 9.94. The minimum Gasteiger partial charge on any atom is -0.494 e. The number of aliphatic hydroxyl groups is 1. The summed E-state index contributed by atoms with van der Waals surface area (Å²) < 4.78 is 5.73. The van der Waals surface area contributed by atoms with Crippen molar-refractivity contribution < 1.29 is 9.84 Å². The van der Waals surface area contributed by atoms with Crippen LogP contribution in [0, 0.1) is 5.92 Å². The van der Waals surface area contributed by atoms with E-state index in [2.05, 4.69) is 30.9 Å². The average Bonchev–Trinajstić information content (AvgIpc) is 2.44. The van der Waals surface area contributed by atoms with Crippen LogP contribution < -0.4 is 4.74 Å². The van der Waals surface area contributed by atoms with Crippen molar-refractivity contribution in [3.05, 3.63) is 29.8 Å². The van der Waals surface area contributed by atoms with Gasteiger partial charge < -0.3 is 14.7 Å². The molecule has 0 radical (unpaired) electrons. The van der Waals surface area contributed by atoms with Gasteiger partial charge in [-0.1, -0.05) is 38.8 Å². The summed E-state index contributed by atoms with van der Waals surface area (Å²) in [5, 5.41) is 9.39. The van der Waals surface area contributed by atoms with Crippen LogP contribution in [0.5, 0.6) is 5.75 Å². The summed E-state index contributed by atoms with van der Waals surface area (Å²) in [4.78, 5) is 2.15. The summed E-state index contributed by atoms with van der Waals surface area (Å²) in [5.74, 6) is 1.14. The van der Waals surface area contributed by atoms with E-state index in [4.69, 9.17) is 4.74 Å². The molecule has 0 aliphatic rings. The maximum absolute atomic E-state index is 9.39. The number of nitrogens with zero attached hydrogens (tertiary/aromatic N) is 1. The third kappa shape index (κ3) is 5.14. The fraction of sp³-hybridized carbons (Fsp3) is 0.647. The molecule has 3 heteroatoms. The number of rotatable bonds is 9. The molecule has 0 saturated heterocycles. The zero-order valence-electron chi connectivity index (χ0n) is 13.3. The number of unbranched alkanes of at least 4 members (excludes halogenated alkanes) is 2. The van der Waals surface area contributed by atoms with Crippen molar-refractivity contribution in [1.82, 2.24) is 4.90 Å². The van der Waals surface area contributed by atoms with E-state index >= 15 is 0 Å². The molecule has 0 saturated carbocycles. The van der Waals surface area contributed by atoms with Crippen molar-refractivity contribution in [3.8, 4) is 5.75 Å². The van der Waals surface area contributed by atoms with E-state index in [9.17, 15) is 5.11 Å². The van der Waals surface area contributed by atoms with Gasteiger partial charge in [0.05, 0.1) is 6.61 Å². The average molecular weight is 279 g/mol. The molecule has 0 aliphatic heterocycles. The number of hydrogen-bond donors (Lipinski definition) is 1. The highest BCUT2D eigenvalue weighted by molar-refractivity contribution is 5.29. The van der Waals surface area contributed by atoms with Crippen molar-refractivity contribution in [2.24, 2.45) is 5.92 Å². The fourth-order valence-electron chi connectivity index (χ4n) is 2.54. The maximum Gasteiger partial charge on any atom is 0.119 e. The summed E-state index contributed by atoms with van der Waals surface area (Å²) in [7, 11) is 4.10. The Morgan fingerprint density at radius 2 is 1.80 bits per heavy atom. The molecule has 114 valence electrons. The lowest BCUT2D eigenvalue weighted by molar-refractivity contribution is 0.145. The smallest absolute Gasteiger partial charge is 0.119 e. The van der Waals surface area contributed by atoms with Crippen molar-refractivity contribution in [1.29, 1.82) is 0 Å². The van der Waals surface area contributed by atoms with Gasteiger partial charge in [-0.05, 0) is 44.1 Å². The number of hydrogen-bond acceptors (Lipinski definition) is 3. The first-order valence-corrected chi connectivity index (χ1v) is 7.60. The van der Waals surface area contributed by atoms with Gasteiger partial charge in [0.25, 0.3) is 0 Å². The molecule has 2 atom stereocenters. The summed E-state index contributed by atoms with van der Waals surface area (Å²) in [6.45, 7) is 5.24. The van der Waals surface area contributed by atoms with E-state index in [1.165, 1.54) is 18.4 Å². The van der Waals surface area contributed by atoms with Crippen molar-refractivity contribution in [3.63, 3.8) is 0 Å². The van der Waals surface area contributed by atoms with Gasteiger partial charge in [0.1, 0.15) is 5.75 Å². The van der Waals surface area contributed by atoms with Gasteiger partial charge in [-0.15, -0.1) is 0 Å². The molecular formula is C17H29NO2. The van der Waals surface area contributed by atoms with Crippen molar-refractivity contribution in [2.45, 2.75) is 39.2 Å². The van der Waals surface area contributed by atoms with Crippen LogP contribution in [0.1, 0.15) is 44.7 Å². The topological polar surface area (TPSA) is 32.7 Å². The lowest BCUT2D eigenvalue weighted by Crippen LogP contribution is -2.27. The highest BCUT2D eigenvalue weighted by Crippen LogP contribution is 2.27. The van der Waals surface area contributed by atoms with Crippen LogP contribution in [-0.4, -0.2) is 37.3 Å². The molecule has 1 rings (SSSR count). The molecule has 0 heterocycles. The Morgan fingerprint density at radius 3 is 2.30 bits per heavy atom. The predicted octanol–water partition coefficient (Wildman–Crippen LogP) is 3.49. The van der Waals surface area contributed by atoms with Crippen LogP contribution in [0.15, 0.2) is 24.3 Å². The second kappa shape index (κ2) is 8.98. The lowest BCUT2D eigenvalue weighted by Gasteiger charge is -2.29. The van der Waals surface area contributed by atoms with E-state index in [1.54, 1.807) is 0 Å². The molecule has 3 nitrogen and oxygen atoms in total. The molecule has 0 spiro atoms. The van der Waals surface area contributed by atoms with Crippen LogP contribution >= 0.6 is 0 Å². The van der Waals surface area contributed by atoms with Crippen LogP contribution in [0.2, 0.25) is 0 Å². The largest absolute Gasteiger partial charge is 0.494 e. The molecule has 0 bridgehead atoms. The van der Waals surface area contributed by atoms with E-state index in [0.717, 1.165) is 18.8 Å². The van der Waals surface area contributed by atoms with Crippen LogP contribution in [0.25, 0.3) is 0 Å². The highest BCUT2D eigenvalue weighted by Gasteiger charge is 2.20. The molecule has 1 N–H and O–H groups in total. The predicted molar refractivity (Wildman–Crippen MR) is 84.1 cm³/mol. The second-order valence-corrected chi connectivity index (χ2v) is 5.69. The Balaban J connectivity index is 2.64. The third-order valence-corrected chi connectivity index (χ3v) is 3.62.